The lowest BCUT2D eigenvalue weighted by Crippen LogP contribution is -2.23. The lowest BCUT2D eigenvalue weighted by molar-refractivity contribution is 0.0680. The lowest BCUT2D eigenvalue weighted by atomic mass is 10.1. The van der Waals surface area contributed by atoms with E-state index < -0.39 is 40.6 Å². The van der Waals surface area contributed by atoms with Crippen molar-refractivity contribution in [3.8, 4) is 17.1 Å². The SMILES string of the molecule is C=N/C(=C\N(C)c1ccc(C(=O)O)c(F)c1)c1cc(C(=O)NCC)cc(-c2cn(-c3ccc(C(=O)O)c(F)c3)nn2)n1. The smallest absolute Gasteiger partial charge is 0.338 e. The van der Waals surface area contributed by atoms with Gasteiger partial charge in [-0.3, -0.25) is 9.79 Å². The second-order valence-electron chi connectivity index (χ2n) is 8.76. The van der Waals surface area contributed by atoms with Crippen LogP contribution in [0.3, 0.4) is 0 Å². The highest BCUT2D eigenvalue weighted by Gasteiger charge is 2.18. The maximum absolute atomic E-state index is 14.3. The zero-order valence-corrected chi connectivity index (χ0v) is 22.2. The van der Waals surface area contributed by atoms with E-state index in [1.165, 1.54) is 46.2 Å². The summed E-state index contributed by atoms with van der Waals surface area (Å²) < 4.78 is 29.7. The Kier molecular flexibility index (Phi) is 8.45. The number of hydrogen-bond donors (Lipinski definition) is 3. The molecule has 214 valence electrons. The molecule has 0 aliphatic carbocycles. The minimum Gasteiger partial charge on any atom is -0.478 e. The highest BCUT2D eigenvalue weighted by molar-refractivity contribution is 5.96. The Hall–Kier alpha value is -5.79. The monoisotopic (exact) mass is 575 g/mol. The molecule has 0 bridgehead atoms. The number of rotatable bonds is 10. The molecule has 3 N–H and O–H groups in total. The molecule has 1 amide bonds. The predicted octanol–water partition coefficient (Wildman–Crippen LogP) is 3.89. The topological polar surface area (TPSA) is 163 Å². The number of benzene rings is 2. The largest absolute Gasteiger partial charge is 0.478 e. The summed E-state index contributed by atoms with van der Waals surface area (Å²) in [6, 6.07) is 10.0. The third-order valence-electron chi connectivity index (χ3n) is 5.97. The molecule has 4 rings (SSSR count). The van der Waals surface area contributed by atoms with Crippen LogP contribution in [0, 0.1) is 11.6 Å². The Morgan fingerprint density at radius 1 is 1.02 bits per heavy atom. The predicted molar refractivity (Wildman–Crippen MR) is 149 cm³/mol. The number of nitrogens with zero attached hydrogens (tertiary/aromatic N) is 6. The second-order valence-corrected chi connectivity index (χ2v) is 8.76. The molecule has 0 saturated heterocycles. The standard InChI is InChI=1S/C28H23F2N7O5/c1-4-32-26(38)15-9-22(24(31-2)13-36(3)16-5-7-18(27(39)40)20(29)11-16)33-23(10-15)25-14-37(35-34-25)17-6-8-19(28(41)42)21(30)12-17/h5-14H,2,4H2,1,3H3,(H,32,38)(H,39,40)(H,41,42)/b24-13-. The van der Waals surface area contributed by atoms with Gasteiger partial charge in [-0.15, -0.1) is 5.10 Å². The number of carbonyl (C=O) groups is 3. The lowest BCUT2D eigenvalue weighted by Gasteiger charge is -2.16. The van der Waals surface area contributed by atoms with Gasteiger partial charge in [0.15, 0.2) is 0 Å². The molecule has 0 unspecified atom stereocenters. The second kappa shape index (κ2) is 12.2. The van der Waals surface area contributed by atoms with Crippen LogP contribution in [0.5, 0.6) is 0 Å². The van der Waals surface area contributed by atoms with Crippen LogP contribution in [0.1, 0.15) is 43.7 Å². The molecular weight excluding hydrogens is 552 g/mol. The Labute approximate surface area is 237 Å². The zero-order valence-electron chi connectivity index (χ0n) is 22.2. The van der Waals surface area contributed by atoms with Gasteiger partial charge in [0.25, 0.3) is 5.91 Å². The first kappa shape index (κ1) is 29.2. The van der Waals surface area contributed by atoms with E-state index >= 15 is 0 Å². The molecule has 0 aliphatic rings. The summed E-state index contributed by atoms with van der Waals surface area (Å²) >= 11 is 0. The van der Waals surface area contributed by atoms with Crippen molar-refractivity contribution in [2.45, 2.75) is 6.92 Å². The molecule has 0 atom stereocenters. The molecule has 42 heavy (non-hydrogen) atoms. The summed E-state index contributed by atoms with van der Waals surface area (Å²) in [6.45, 7) is 5.68. The molecule has 0 aliphatic heterocycles. The molecule has 4 aromatic rings. The summed E-state index contributed by atoms with van der Waals surface area (Å²) in [4.78, 5) is 45.1. The molecule has 0 spiro atoms. The highest BCUT2D eigenvalue weighted by atomic mass is 19.1. The number of halogens is 2. The fourth-order valence-corrected chi connectivity index (χ4v) is 3.86. The third kappa shape index (κ3) is 6.17. The van der Waals surface area contributed by atoms with E-state index in [2.05, 4.69) is 32.3 Å². The van der Waals surface area contributed by atoms with E-state index in [1.807, 2.05) is 0 Å². The number of aromatic carboxylic acids is 2. The van der Waals surface area contributed by atoms with Gasteiger partial charge in [0.2, 0.25) is 0 Å². The fourth-order valence-electron chi connectivity index (χ4n) is 3.86. The molecule has 0 radical (unpaired) electrons. The van der Waals surface area contributed by atoms with Gasteiger partial charge >= 0.3 is 11.9 Å². The van der Waals surface area contributed by atoms with Gasteiger partial charge in [-0.1, -0.05) is 5.21 Å². The molecule has 0 saturated carbocycles. The first-order chi connectivity index (χ1) is 20.0. The van der Waals surface area contributed by atoms with E-state index in [9.17, 15) is 23.2 Å². The van der Waals surface area contributed by atoms with Crippen LogP contribution < -0.4 is 10.2 Å². The summed E-state index contributed by atoms with van der Waals surface area (Å²) in [6.07, 6.45) is 2.89. The quantitative estimate of drug-likeness (QED) is 0.238. The highest BCUT2D eigenvalue weighted by Crippen LogP contribution is 2.25. The normalized spacial score (nSPS) is 11.2. The number of aromatic nitrogens is 4. The molecular formula is C28H23F2N7O5. The number of carboxylic acid groups (broad SMARTS) is 2. The van der Waals surface area contributed by atoms with Gasteiger partial charge in [0, 0.05) is 37.1 Å². The van der Waals surface area contributed by atoms with E-state index in [4.69, 9.17) is 10.2 Å². The summed E-state index contributed by atoms with van der Waals surface area (Å²) in [5, 5.41) is 28.9. The van der Waals surface area contributed by atoms with Crippen molar-refractivity contribution in [3.05, 3.63) is 94.9 Å². The van der Waals surface area contributed by atoms with Crippen molar-refractivity contribution < 1.29 is 33.4 Å². The number of anilines is 1. The van der Waals surface area contributed by atoms with Gasteiger partial charge in [-0.2, -0.15) is 0 Å². The zero-order chi connectivity index (χ0) is 30.6. The van der Waals surface area contributed by atoms with Crippen molar-refractivity contribution in [3.63, 3.8) is 0 Å². The number of hydrogen-bond acceptors (Lipinski definition) is 8. The average Bonchev–Trinajstić information content (AvgIpc) is 3.45. The molecule has 2 aromatic heterocycles. The number of carboxylic acids is 2. The summed E-state index contributed by atoms with van der Waals surface area (Å²) in [5.74, 6) is -5.10. The Morgan fingerprint density at radius 2 is 1.69 bits per heavy atom. The van der Waals surface area contributed by atoms with Crippen LogP contribution in [0.15, 0.2) is 65.9 Å². The molecule has 0 fully saturated rings. The number of amides is 1. The number of pyridine rings is 1. The van der Waals surface area contributed by atoms with E-state index in [-0.39, 0.29) is 34.0 Å². The Morgan fingerprint density at radius 3 is 2.29 bits per heavy atom. The average molecular weight is 576 g/mol. The van der Waals surface area contributed by atoms with Crippen molar-refractivity contribution in [1.29, 1.82) is 0 Å². The summed E-state index contributed by atoms with van der Waals surface area (Å²) in [5.41, 5.74) is 0.531. The van der Waals surface area contributed by atoms with Gasteiger partial charge in [0.1, 0.15) is 23.0 Å². The minimum absolute atomic E-state index is 0.186. The summed E-state index contributed by atoms with van der Waals surface area (Å²) in [7, 11) is 1.58. The number of carbonyl (C=O) groups excluding carboxylic acids is 1. The first-order valence-electron chi connectivity index (χ1n) is 12.2. The van der Waals surface area contributed by atoms with Crippen LogP contribution >= 0.6 is 0 Å². The van der Waals surface area contributed by atoms with Gasteiger partial charge in [-0.25, -0.2) is 28.0 Å². The van der Waals surface area contributed by atoms with Crippen molar-refractivity contribution in [1.82, 2.24) is 25.3 Å². The fraction of sp³-hybridized carbons (Fsp3) is 0.107. The van der Waals surface area contributed by atoms with Crippen LogP contribution in [0.25, 0.3) is 22.8 Å². The van der Waals surface area contributed by atoms with Gasteiger partial charge in [-0.05, 0) is 56.1 Å². The van der Waals surface area contributed by atoms with Crippen molar-refractivity contribution in [2.75, 3.05) is 18.5 Å². The van der Waals surface area contributed by atoms with Crippen molar-refractivity contribution >= 4 is 35.9 Å². The maximum atomic E-state index is 14.3. The molecule has 14 heteroatoms. The molecule has 2 aromatic carbocycles. The van der Waals surface area contributed by atoms with Crippen molar-refractivity contribution in [2.24, 2.45) is 4.99 Å². The first-order valence-corrected chi connectivity index (χ1v) is 12.2. The minimum atomic E-state index is -1.41. The molecule has 12 nitrogen and oxygen atoms in total. The van der Waals surface area contributed by atoms with Crippen LogP contribution in [0.2, 0.25) is 0 Å². The van der Waals surface area contributed by atoms with Gasteiger partial charge in [0.05, 0.1) is 34.4 Å². The maximum Gasteiger partial charge on any atom is 0.338 e. The van der Waals surface area contributed by atoms with Gasteiger partial charge < -0.3 is 20.4 Å². The number of aliphatic imine (C=N–C) groups is 1. The van der Waals surface area contributed by atoms with E-state index in [0.29, 0.717) is 12.2 Å². The number of nitrogens with one attached hydrogen (secondary N) is 1. The van der Waals surface area contributed by atoms with Crippen LogP contribution in [-0.4, -0.2) is 68.3 Å². The van der Waals surface area contributed by atoms with E-state index in [1.54, 1.807) is 14.0 Å². The third-order valence-corrected chi connectivity index (χ3v) is 5.97. The van der Waals surface area contributed by atoms with E-state index in [0.717, 1.165) is 24.3 Å². The Balaban J connectivity index is 1.75. The molecule has 2 heterocycles. The Bertz CT molecular complexity index is 1750. The van der Waals surface area contributed by atoms with Crippen LogP contribution in [0.4, 0.5) is 14.5 Å². The van der Waals surface area contributed by atoms with Crippen LogP contribution in [-0.2, 0) is 0 Å².